The first-order valence-corrected chi connectivity index (χ1v) is 7.61. The van der Waals surface area contributed by atoms with Crippen LogP contribution in [0.25, 0.3) is 10.9 Å². The van der Waals surface area contributed by atoms with Gasteiger partial charge in [0.2, 0.25) is 5.56 Å². The van der Waals surface area contributed by atoms with Crippen LogP contribution in [0.3, 0.4) is 0 Å². The molecule has 0 aliphatic rings. The van der Waals surface area contributed by atoms with Crippen LogP contribution in [0.4, 0.5) is 5.69 Å². The molecule has 0 saturated heterocycles. The number of hydrogen-bond acceptors (Lipinski definition) is 2. The lowest BCUT2D eigenvalue weighted by atomic mass is 10.1. The molecule has 0 spiro atoms. The molecule has 2 aromatic carbocycles. The van der Waals surface area contributed by atoms with Crippen molar-refractivity contribution in [3.8, 4) is 0 Å². The highest BCUT2D eigenvalue weighted by Gasteiger charge is 2.08. The molecule has 2 N–H and O–H groups in total. The predicted octanol–water partition coefficient (Wildman–Crippen LogP) is 3.65. The predicted molar refractivity (Wildman–Crippen MR) is 93.1 cm³/mol. The second-order valence-corrected chi connectivity index (χ2v) is 5.60. The van der Waals surface area contributed by atoms with E-state index in [1.165, 1.54) is 0 Å². The van der Waals surface area contributed by atoms with Crippen molar-refractivity contribution >= 4 is 22.5 Å². The third-order valence-electron chi connectivity index (χ3n) is 3.85. The summed E-state index contributed by atoms with van der Waals surface area (Å²) in [6, 6.07) is 14.6. The summed E-state index contributed by atoms with van der Waals surface area (Å²) in [7, 11) is 0. The smallest absolute Gasteiger partial charge is 0.255 e. The molecule has 0 saturated carbocycles. The summed E-state index contributed by atoms with van der Waals surface area (Å²) in [5.41, 5.74) is 3.91. The molecule has 116 valence electrons. The number of hydrogen-bond donors (Lipinski definition) is 2. The number of pyridine rings is 1. The van der Waals surface area contributed by atoms with Crippen molar-refractivity contribution in [2.24, 2.45) is 0 Å². The average Bonchev–Trinajstić information content (AvgIpc) is 2.53. The molecule has 1 amide bonds. The Hall–Kier alpha value is -2.88. The molecular formula is C19H18N2O2. The van der Waals surface area contributed by atoms with Crippen LogP contribution in [-0.4, -0.2) is 10.9 Å². The van der Waals surface area contributed by atoms with Gasteiger partial charge in [-0.15, -0.1) is 0 Å². The minimum Gasteiger partial charge on any atom is -0.322 e. The molecule has 4 heteroatoms. The van der Waals surface area contributed by atoms with Gasteiger partial charge >= 0.3 is 0 Å². The van der Waals surface area contributed by atoms with E-state index in [2.05, 4.69) is 10.3 Å². The van der Waals surface area contributed by atoms with Gasteiger partial charge in [0.15, 0.2) is 0 Å². The van der Waals surface area contributed by atoms with E-state index in [0.29, 0.717) is 11.3 Å². The monoisotopic (exact) mass is 306 g/mol. The van der Waals surface area contributed by atoms with Crippen LogP contribution in [0, 0.1) is 6.92 Å². The lowest BCUT2D eigenvalue weighted by Gasteiger charge is -2.09. The first-order valence-electron chi connectivity index (χ1n) is 7.61. The number of amides is 1. The minimum absolute atomic E-state index is 0.128. The molecular weight excluding hydrogens is 288 g/mol. The van der Waals surface area contributed by atoms with E-state index in [4.69, 9.17) is 0 Å². The minimum atomic E-state index is -0.165. The SMILES string of the molecule is CCc1cc(=O)[nH]c2cc(NC(=O)c3cccc(C)c3)ccc12. The summed E-state index contributed by atoms with van der Waals surface area (Å²) in [4.78, 5) is 26.8. The lowest BCUT2D eigenvalue weighted by molar-refractivity contribution is 0.102. The Balaban J connectivity index is 1.95. The zero-order valence-corrected chi connectivity index (χ0v) is 13.1. The fourth-order valence-corrected chi connectivity index (χ4v) is 2.69. The summed E-state index contributed by atoms with van der Waals surface area (Å²) in [6.45, 7) is 3.96. The standard InChI is InChI=1S/C19H18N2O2/c1-3-13-10-18(22)21-17-11-15(7-8-16(13)17)20-19(23)14-6-4-5-12(2)9-14/h4-11H,3H2,1-2H3,(H,20,23)(H,21,22). The summed E-state index contributed by atoms with van der Waals surface area (Å²) < 4.78 is 0. The maximum Gasteiger partial charge on any atom is 0.255 e. The summed E-state index contributed by atoms with van der Waals surface area (Å²) in [6.07, 6.45) is 0.787. The van der Waals surface area contributed by atoms with Gasteiger partial charge in [0.25, 0.3) is 5.91 Å². The van der Waals surface area contributed by atoms with Crippen LogP contribution in [0.5, 0.6) is 0 Å². The summed E-state index contributed by atoms with van der Waals surface area (Å²) in [5.74, 6) is -0.165. The maximum atomic E-state index is 12.3. The number of anilines is 1. The van der Waals surface area contributed by atoms with Crippen molar-refractivity contribution in [1.29, 1.82) is 0 Å². The first kappa shape index (κ1) is 15.0. The molecule has 0 atom stereocenters. The Morgan fingerprint density at radius 3 is 2.70 bits per heavy atom. The van der Waals surface area contributed by atoms with E-state index in [1.54, 1.807) is 18.2 Å². The Morgan fingerprint density at radius 1 is 1.13 bits per heavy atom. The second-order valence-electron chi connectivity index (χ2n) is 5.60. The van der Waals surface area contributed by atoms with Crippen molar-refractivity contribution in [3.05, 3.63) is 75.6 Å². The number of H-pyrrole nitrogens is 1. The molecule has 4 nitrogen and oxygen atoms in total. The van der Waals surface area contributed by atoms with Gasteiger partial charge in [-0.1, -0.05) is 30.7 Å². The third kappa shape index (κ3) is 3.16. The zero-order chi connectivity index (χ0) is 16.4. The van der Waals surface area contributed by atoms with E-state index in [9.17, 15) is 9.59 Å². The Labute approximate surface area is 134 Å². The van der Waals surface area contributed by atoms with Gasteiger partial charge in [-0.3, -0.25) is 9.59 Å². The normalized spacial score (nSPS) is 10.7. The molecule has 0 bridgehead atoms. The fourth-order valence-electron chi connectivity index (χ4n) is 2.69. The third-order valence-corrected chi connectivity index (χ3v) is 3.85. The van der Waals surface area contributed by atoms with E-state index in [-0.39, 0.29) is 11.5 Å². The number of nitrogens with one attached hydrogen (secondary N) is 2. The molecule has 1 heterocycles. The summed E-state index contributed by atoms with van der Waals surface area (Å²) >= 11 is 0. The van der Waals surface area contributed by atoms with Gasteiger partial charge in [0.05, 0.1) is 5.52 Å². The molecule has 23 heavy (non-hydrogen) atoms. The lowest BCUT2D eigenvalue weighted by Crippen LogP contribution is -2.12. The Kier molecular flexibility index (Phi) is 3.98. The van der Waals surface area contributed by atoms with Gasteiger partial charge in [-0.25, -0.2) is 0 Å². The number of aryl methyl sites for hydroxylation is 2. The van der Waals surface area contributed by atoms with Crippen LogP contribution in [0.2, 0.25) is 0 Å². The highest BCUT2D eigenvalue weighted by molar-refractivity contribution is 6.05. The van der Waals surface area contributed by atoms with Gasteiger partial charge in [0.1, 0.15) is 0 Å². The highest BCUT2D eigenvalue weighted by Crippen LogP contribution is 2.20. The van der Waals surface area contributed by atoms with Crippen LogP contribution in [0.15, 0.2) is 53.3 Å². The Morgan fingerprint density at radius 2 is 1.96 bits per heavy atom. The fraction of sp³-hybridized carbons (Fsp3) is 0.158. The molecule has 0 fully saturated rings. The van der Waals surface area contributed by atoms with Gasteiger partial charge in [-0.05, 0) is 43.2 Å². The van der Waals surface area contributed by atoms with Crippen molar-refractivity contribution in [1.82, 2.24) is 4.98 Å². The molecule has 1 aromatic heterocycles. The van der Waals surface area contributed by atoms with Gasteiger partial charge in [-0.2, -0.15) is 0 Å². The van der Waals surface area contributed by atoms with Crippen molar-refractivity contribution in [3.63, 3.8) is 0 Å². The number of carbonyl (C=O) groups excluding carboxylic acids is 1. The van der Waals surface area contributed by atoms with Gasteiger partial charge in [0, 0.05) is 22.7 Å². The molecule has 0 aliphatic carbocycles. The quantitative estimate of drug-likeness (QED) is 0.776. The zero-order valence-electron chi connectivity index (χ0n) is 13.1. The molecule has 0 unspecified atom stereocenters. The molecule has 0 aliphatic heterocycles. The van der Waals surface area contributed by atoms with Crippen molar-refractivity contribution in [2.45, 2.75) is 20.3 Å². The molecule has 3 aromatic rings. The number of benzene rings is 2. The topological polar surface area (TPSA) is 62.0 Å². The second kappa shape index (κ2) is 6.08. The number of rotatable bonds is 3. The number of fused-ring (bicyclic) bond motifs is 1. The van der Waals surface area contributed by atoms with Crippen LogP contribution >= 0.6 is 0 Å². The number of carbonyl (C=O) groups is 1. The molecule has 0 radical (unpaired) electrons. The van der Waals surface area contributed by atoms with Crippen LogP contribution < -0.4 is 10.9 Å². The van der Waals surface area contributed by atoms with E-state index >= 15 is 0 Å². The number of aromatic nitrogens is 1. The van der Waals surface area contributed by atoms with E-state index < -0.39 is 0 Å². The summed E-state index contributed by atoms with van der Waals surface area (Å²) in [5, 5.41) is 3.87. The molecule has 3 rings (SSSR count). The van der Waals surface area contributed by atoms with Crippen LogP contribution in [0.1, 0.15) is 28.4 Å². The van der Waals surface area contributed by atoms with Crippen molar-refractivity contribution in [2.75, 3.05) is 5.32 Å². The van der Waals surface area contributed by atoms with Crippen molar-refractivity contribution < 1.29 is 4.79 Å². The average molecular weight is 306 g/mol. The van der Waals surface area contributed by atoms with Crippen LogP contribution in [-0.2, 0) is 6.42 Å². The van der Waals surface area contributed by atoms with E-state index in [1.807, 2.05) is 44.2 Å². The van der Waals surface area contributed by atoms with E-state index in [0.717, 1.165) is 28.5 Å². The first-order chi connectivity index (χ1) is 11.1. The largest absolute Gasteiger partial charge is 0.322 e. The Bertz CT molecular complexity index is 941. The number of aromatic amines is 1. The maximum absolute atomic E-state index is 12.3. The van der Waals surface area contributed by atoms with Gasteiger partial charge < -0.3 is 10.3 Å². The highest BCUT2D eigenvalue weighted by atomic mass is 16.1.